The van der Waals surface area contributed by atoms with Crippen LogP contribution in [0.2, 0.25) is 0 Å². The van der Waals surface area contributed by atoms with E-state index in [0.717, 1.165) is 42.1 Å². The maximum atomic E-state index is 5.71. The van der Waals surface area contributed by atoms with Gasteiger partial charge >= 0.3 is 0 Å². The van der Waals surface area contributed by atoms with E-state index in [1.54, 1.807) is 0 Å². The molecule has 0 unspecified atom stereocenters. The number of fused-ring (bicyclic) bond motifs is 1. The van der Waals surface area contributed by atoms with Gasteiger partial charge in [-0.25, -0.2) is 0 Å². The Kier molecular flexibility index (Phi) is 1.95. The van der Waals surface area contributed by atoms with Crippen molar-refractivity contribution >= 4 is 16.8 Å². The molecule has 1 aromatic heterocycles. The summed E-state index contributed by atoms with van der Waals surface area (Å²) >= 11 is 0. The molecule has 3 nitrogen and oxygen atoms in total. The van der Waals surface area contributed by atoms with Crippen molar-refractivity contribution in [2.45, 2.75) is 6.42 Å². The van der Waals surface area contributed by atoms with Crippen molar-refractivity contribution in [2.75, 3.05) is 13.1 Å². The van der Waals surface area contributed by atoms with Crippen molar-refractivity contribution in [3.8, 4) is 0 Å². The Morgan fingerprint density at radius 1 is 1.27 bits per heavy atom. The van der Waals surface area contributed by atoms with Gasteiger partial charge in [0.2, 0.25) is 0 Å². The van der Waals surface area contributed by atoms with Crippen molar-refractivity contribution < 1.29 is 4.42 Å². The molecule has 2 heterocycles. The molecular formula is C12H12N2O. The molecule has 1 aromatic carbocycles. The first kappa shape index (κ1) is 8.53. The van der Waals surface area contributed by atoms with Gasteiger partial charge in [0, 0.05) is 18.5 Å². The highest BCUT2D eigenvalue weighted by molar-refractivity contribution is 6.00. The Hall–Kier alpha value is -1.77. The first-order valence-corrected chi connectivity index (χ1v) is 5.21. The second-order valence-corrected chi connectivity index (χ2v) is 3.66. The van der Waals surface area contributed by atoms with E-state index < -0.39 is 0 Å². The van der Waals surface area contributed by atoms with Crippen LogP contribution in [0.25, 0.3) is 11.0 Å². The highest BCUT2D eigenvalue weighted by Gasteiger charge is 2.11. The van der Waals surface area contributed by atoms with E-state index in [1.165, 1.54) is 0 Å². The molecule has 2 aromatic rings. The molecule has 0 spiro atoms. The van der Waals surface area contributed by atoms with Crippen molar-refractivity contribution in [1.29, 1.82) is 0 Å². The Balaban J connectivity index is 2.07. The number of nitrogens with zero attached hydrogens (tertiary/aromatic N) is 1. The molecule has 0 saturated carbocycles. The van der Waals surface area contributed by atoms with E-state index in [9.17, 15) is 0 Å². The highest BCUT2D eigenvalue weighted by atomic mass is 16.3. The van der Waals surface area contributed by atoms with Crippen LogP contribution in [0.15, 0.2) is 39.7 Å². The highest BCUT2D eigenvalue weighted by Crippen LogP contribution is 2.19. The third kappa shape index (κ3) is 1.50. The SMILES string of the molecule is c1ccc2oc(C3=NCCCN3)cc2c1. The van der Waals surface area contributed by atoms with Gasteiger partial charge in [-0.05, 0) is 18.6 Å². The van der Waals surface area contributed by atoms with Crippen LogP contribution < -0.4 is 5.32 Å². The van der Waals surface area contributed by atoms with Crippen LogP contribution in [-0.2, 0) is 0 Å². The number of benzene rings is 1. The zero-order chi connectivity index (χ0) is 10.1. The van der Waals surface area contributed by atoms with Gasteiger partial charge in [-0.1, -0.05) is 18.2 Å². The van der Waals surface area contributed by atoms with Gasteiger partial charge in [0.05, 0.1) is 0 Å². The number of amidine groups is 1. The Labute approximate surface area is 87.8 Å². The zero-order valence-electron chi connectivity index (χ0n) is 8.36. The van der Waals surface area contributed by atoms with E-state index in [0.29, 0.717) is 0 Å². The van der Waals surface area contributed by atoms with Gasteiger partial charge in [-0.2, -0.15) is 0 Å². The lowest BCUT2D eigenvalue weighted by Crippen LogP contribution is -2.29. The van der Waals surface area contributed by atoms with Gasteiger partial charge in [0.15, 0.2) is 11.6 Å². The summed E-state index contributed by atoms with van der Waals surface area (Å²) in [5, 5.41) is 4.38. The molecule has 0 atom stereocenters. The first-order valence-electron chi connectivity index (χ1n) is 5.21. The molecule has 0 saturated heterocycles. The summed E-state index contributed by atoms with van der Waals surface area (Å²) in [5.41, 5.74) is 0.919. The molecule has 1 N–H and O–H groups in total. The number of rotatable bonds is 1. The van der Waals surface area contributed by atoms with Crippen LogP contribution in [-0.4, -0.2) is 18.9 Å². The summed E-state index contributed by atoms with van der Waals surface area (Å²) in [6.45, 7) is 1.87. The summed E-state index contributed by atoms with van der Waals surface area (Å²) in [5.74, 6) is 1.73. The van der Waals surface area contributed by atoms with E-state index >= 15 is 0 Å². The minimum atomic E-state index is 0.843. The molecule has 3 rings (SSSR count). The quantitative estimate of drug-likeness (QED) is 0.766. The minimum absolute atomic E-state index is 0.843. The van der Waals surface area contributed by atoms with Crippen LogP contribution in [0.1, 0.15) is 12.2 Å². The van der Waals surface area contributed by atoms with Gasteiger partial charge in [0.1, 0.15) is 5.58 Å². The van der Waals surface area contributed by atoms with Crippen LogP contribution in [0, 0.1) is 0 Å². The fourth-order valence-corrected chi connectivity index (χ4v) is 1.80. The van der Waals surface area contributed by atoms with Crippen LogP contribution in [0.3, 0.4) is 0 Å². The lowest BCUT2D eigenvalue weighted by molar-refractivity contribution is 0.592. The average Bonchev–Trinajstić information content (AvgIpc) is 2.74. The van der Waals surface area contributed by atoms with Gasteiger partial charge < -0.3 is 9.73 Å². The van der Waals surface area contributed by atoms with Gasteiger partial charge in [-0.15, -0.1) is 0 Å². The number of aliphatic imine (C=N–C) groups is 1. The van der Waals surface area contributed by atoms with E-state index in [4.69, 9.17) is 4.42 Å². The summed E-state index contributed by atoms with van der Waals surface area (Å²) in [4.78, 5) is 4.41. The molecule has 0 amide bonds. The molecule has 0 radical (unpaired) electrons. The lowest BCUT2D eigenvalue weighted by Gasteiger charge is -2.11. The molecule has 0 aliphatic carbocycles. The van der Waals surface area contributed by atoms with Crippen LogP contribution in [0.5, 0.6) is 0 Å². The molecule has 0 fully saturated rings. The fourth-order valence-electron chi connectivity index (χ4n) is 1.80. The molecular weight excluding hydrogens is 188 g/mol. The number of nitrogens with one attached hydrogen (secondary N) is 1. The minimum Gasteiger partial charge on any atom is -0.453 e. The molecule has 3 heteroatoms. The summed E-state index contributed by atoms with van der Waals surface area (Å²) in [7, 11) is 0. The standard InChI is InChI=1S/C12H12N2O/c1-2-5-10-9(4-1)8-11(15-10)12-13-6-3-7-14-12/h1-2,4-5,8H,3,6-7H2,(H,13,14). The average molecular weight is 200 g/mol. The zero-order valence-corrected chi connectivity index (χ0v) is 8.36. The largest absolute Gasteiger partial charge is 0.453 e. The number of hydrogen-bond acceptors (Lipinski definition) is 3. The van der Waals surface area contributed by atoms with Crippen LogP contribution in [0.4, 0.5) is 0 Å². The summed E-state index contributed by atoms with van der Waals surface area (Å²) in [6, 6.07) is 10.0. The van der Waals surface area contributed by atoms with Crippen molar-refractivity contribution in [3.63, 3.8) is 0 Å². The predicted molar refractivity (Wildman–Crippen MR) is 60.2 cm³/mol. The Bertz CT molecular complexity index is 480. The smallest absolute Gasteiger partial charge is 0.170 e. The summed E-state index contributed by atoms with van der Waals surface area (Å²) < 4.78 is 5.71. The monoisotopic (exact) mass is 200 g/mol. The lowest BCUT2D eigenvalue weighted by atomic mass is 10.2. The Morgan fingerprint density at radius 2 is 2.20 bits per heavy atom. The van der Waals surface area contributed by atoms with Crippen molar-refractivity contribution in [2.24, 2.45) is 4.99 Å². The van der Waals surface area contributed by atoms with Crippen LogP contribution >= 0.6 is 0 Å². The molecule has 0 bridgehead atoms. The van der Waals surface area contributed by atoms with E-state index in [-0.39, 0.29) is 0 Å². The third-order valence-electron chi connectivity index (χ3n) is 2.56. The van der Waals surface area contributed by atoms with Crippen molar-refractivity contribution in [1.82, 2.24) is 5.32 Å². The van der Waals surface area contributed by atoms with Crippen molar-refractivity contribution in [3.05, 3.63) is 36.1 Å². The number of hydrogen-bond donors (Lipinski definition) is 1. The number of furan rings is 1. The second kappa shape index (κ2) is 3.42. The maximum absolute atomic E-state index is 5.71. The molecule has 1 aliphatic heterocycles. The molecule has 76 valence electrons. The maximum Gasteiger partial charge on any atom is 0.170 e. The topological polar surface area (TPSA) is 37.5 Å². The normalized spacial score (nSPS) is 16.1. The number of para-hydroxylation sites is 1. The molecule has 15 heavy (non-hydrogen) atoms. The Morgan fingerprint density at radius 3 is 3.00 bits per heavy atom. The molecule has 1 aliphatic rings. The fraction of sp³-hybridized carbons (Fsp3) is 0.250. The second-order valence-electron chi connectivity index (χ2n) is 3.66. The van der Waals surface area contributed by atoms with Gasteiger partial charge in [0.25, 0.3) is 0 Å². The van der Waals surface area contributed by atoms with E-state index in [2.05, 4.69) is 10.3 Å². The van der Waals surface area contributed by atoms with E-state index in [1.807, 2.05) is 30.3 Å². The first-order chi connectivity index (χ1) is 7.43. The third-order valence-corrected chi connectivity index (χ3v) is 2.56. The predicted octanol–water partition coefficient (Wildman–Crippen LogP) is 2.17. The van der Waals surface area contributed by atoms with Gasteiger partial charge in [-0.3, -0.25) is 4.99 Å². The summed E-state index contributed by atoms with van der Waals surface area (Å²) in [6.07, 6.45) is 1.10.